The topological polar surface area (TPSA) is 16.4 Å². The Balaban J connectivity index is 1.21. The molecule has 0 spiro atoms. The van der Waals surface area contributed by atoms with Crippen LogP contribution in [0.25, 0.3) is 43.8 Å². The molecule has 4 unspecified atom stereocenters. The highest BCUT2D eigenvalue weighted by Gasteiger charge is 2.62. The number of furan rings is 1. The Kier molecular flexibility index (Phi) is 5.89. The maximum Gasteiger partial charge on any atom is 0.143 e. The Morgan fingerprint density at radius 3 is 2.15 bits per heavy atom. The van der Waals surface area contributed by atoms with E-state index < -0.39 is 5.54 Å². The van der Waals surface area contributed by atoms with Crippen LogP contribution in [0.15, 0.2) is 167 Å². The van der Waals surface area contributed by atoms with Crippen molar-refractivity contribution in [2.45, 2.75) is 63.3 Å². The highest BCUT2D eigenvalue weighted by molar-refractivity contribution is 6.18. The molecule has 258 valence electrons. The molecule has 0 fully saturated rings. The first-order valence-electron chi connectivity index (χ1n) is 19.2. The molecule has 11 rings (SSSR count). The van der Waals surface area contributed by atoms with E-state index in [-0.39, 0.29) is 16.2 Å². The first-order chi connectivity index (χ1) is 25.6. The van der Waals surface area contributed by atoms with Crippen LogP contribution in [0.3, 0.4) is 0 Å². The van der Waals surface area contributed by atoms with E-state index in [4.69, 9.17) is 4.42 Å². The van der Waals surface area contributed by atoms with E-state index in [1.165, 1.54) is 49.9 Å². The van der Waals surface area contributed by atoms with Crippen molar-refractivity contribution in [1.29, 1.82) is 0 Å². The van der Waals surface area contributed by atoms with Crippen LogP contribution in [-0.4, -0.2) is 5.54 Å². The van der Waals surface area contributed by atoms with Crippen LogP contribution in [0.1, 0.15) is 58.2 Å². The van der Waals surface area contributed by atoms with Gasteiger partial charge in [0, 0.05) is 50.0 Å². The van der Waals surface area contributed by atoms with Gasteiger partial charge in [-0.2, -0.15) is 0 Å². The second-order valence-electron chi connectivity index (χ2n) is 17.0. The summed E-state index contributed by atoms with van der Waals surface area (Å²) < 4.78 is 7.04. The fourth-order valence-corrected chi connectivity index (χ4v) is 11.6. The van der Waals surface area contributed by atoms with Crippen molar-refractivity contribution in [3.63, 3.8) is 0 Å². The summed E-state index contributed by atoms with van der Waals surface area (Å²) >= 11 is 0. The van der Waals surface area contributed by atoms with Gasteiger partial charge in [0.05, 0.1) is 5.54 Å². The molecule has 0 saturated carbocycles. The van der Waals surface area contributed by atoms with Gasteiger partial charge >= 0.3 is 0 Å². The molecule has 0 N–H and O–H groups in total. The number of nitrogens with zero attached hydrogens (tertiary/aromatic N) is 1. The molecule has 0 saturated heterocycles. The first-order valence-corrected chi connectivity index (χ1v) is 19.2. The summed E-state index contributed by atoms with van der Waals surface area (Å²) in [5, 5.41) is 4.72. The van der Waals surface area contributed by atoms with Crippen molar-refractivity contribution in [3.05, 3.63) is 179 Å². The van der Waals surface area contributed by atoms with Crippen LogP contribution in [0, 0.1) is 5.92 Å². The van der Waals surface area contributed by atoms with E-state index in [9.17, 15) is 0 Å². The molecule has 7 aromatic rings. The highest BCUT2D eigenvalue weighted by atomic mass is 16.3. The van der Waals surface area contributed by atoms with Crippen LogP contribution >= 0.6 is 0 Å². The minimum atomic E-state index is -0.435. The zero-order valence-electron chi connectivity index (χ0n) is 31.3. The Labute approximate surface area is 311 Å². The summed E-state index contributed by atoms with van der Waals surface area (Å²) in [5.74, 6) is 0.295. The van der Waals surface area contributed by atoms with E-state index >= 15 is 0 Å². The predicted octanol–water partition coefficient (Wildman–Crippen LogP) is 13.3. The van der Waals surface area contributed by atoms with Crippen LogP contribution in [0.5, 0.6) is 0 Å². The summed E-state index contributed by atoms with van der Waals surface area (Å²) in [6, 6.07) is 47.0. The van der Waals surface area contributed by atoms with Gasteiger partial charge in [-0.05, 0) is 101 Å². The number of fused-ring (bicyclic) bond motifs is 10. The minimum absolute atomic E-state index is 0.120. The smallest absolute Gasteiger partial charge is 0.143 e. The fraction of sp³-hybridized carbons (Fsp3) is 0.216. The van der Waals surface area contributed by atoms with Crippen LogP contribution in [0.2, 0.25) is 0 Å². The van der Waals surface area contributed by atoms with Crippen molar-refractivity contribution in [1.82, 2.24) is 0 Å². The number of para-hydroxylation sites is 1. The minimum Gasteiger partial charge on any atom is -0.455 e. The molecule has 2 heteroatoms. The lowest BCUT2D eigenvalue weighted by atomic mass is 9.50. The third-order valence-electron chi connectivity index (χ3n) is 13.7. The molecule has 2 heterocycles. The Bertz CT molecular complexity index is 2830. The number of anilines is 2. The second kappa shape index (κ2) is 10.1. The third-order valence-corrected chi connectivity index (χ3v) is 13.7. The number of rotatable bonds is 2. The Hall–Kier alpha value is -5.60. The lowest BCUT2D eigenvalue weighted by Crippen LogP contribution is -2.59. The lowest BCUT2D eigenvalue weighted by molar-refractivity contribution is 0.415. The molecule has 6 aromatic carbocycles. The van der Waals surface area contributed by atoms with E-state index in [0.717, 1.165) is 33.2 Å². The average molecular weight is 686 g/mol. The molecule has 0 bridgehead atoms. The molecule has 4 aliphatic rings. The number of hydrogen-bond donors (Lipinski definition) is 0. The van der Waals surface area contributed by atoms with E-state index in [1.54, 1.807) is 5.57 Å². The summed E-state index contributed by atoms with van der Waals surface area (Å²) in [6.45, 7) is 14.8. The monoisotopic (exact) mass is 685 g/mol. The van der Waals surface area contributed by atoms with Crippen molar-refractivity contribution in [2.24, 2.45) is 5.92 Å². The van der Waals surface area contributed by atoms with E-state index in [1.807, 2.05) is 0 Å². The van der Waals surface area contributed by atoms with Crippen LogP contribution in [0.4, 0.5) is 11.4 Å². The van der Waals surface area contributed by atoms with Gasteiger partial charge in [0.1, 0.15) is 11.2 Å². The second-order valence-corrected chi connectivity index (χ2v) is 17.0. The molecule has 3 aliphatic carbocycles. The van der Waals surface area contributed by atoms with Gasteiger partial charge in [-0.1, -0.05) is 136 Å². The SMILES string of the molecule is CC1C=CC2(C)C3=C1C1(C)C(=CC3(C)N(c3ccc4c(c3)oc3c(-c5ccccc5)c5ccccc5cc34)c3ccccc32)C(C)(C)c2ccccc21. The van der Waals surface area contributed by atoms with Gasteiger partial charge in [0.15, 0.2) is 0 Å². The van der Waals surface area contributed by atoms with Crippen molar-refractivity contribution in [2.75, 3.05) is 4.90 Å². The Morgan fingerprint density at radius 2 is 1.34 bits per heavy atom. The molecule has 0 radical (unpaired) electrons. The zero-order valence-corrected chi connectivity index (χ0v) is 31.3. The molecule has 0 amide bonds. The fourth-order valence-electron chi connectivity index (χ4n) is 11.6. The highest BCUT2D eigenvalue weighted by Crippen LogP contribution is 2.68. The predicted molar refractivity (Wildman–Crippen MR) is 221 cm³/mol. The van der Waals surface area contributed by atoms with Gasteiger partial charge in [0.2, 0.25) is 0 Å². The van der Waals surface area contributed by atoms with Crippen molar-refractivity contribution < 1.29 is 4.42 Å². The van der Waals surface area contributed by atoms with E-state index in [0.29, 0.717) is 5.92 Å². The molecule has 53 heavy (non-hydrogen) atoms. The van der Waals surface area contributed by atoms with Gasteiger partial charge in [-0.25, -0.2) is 0 Å². The molecular formula is C51H43NO. The third kappa shape index (κ3) is 3.69. The average Bonchev–Trinajstić information content (AvgIpc) is 3.61. The Morgan fingerprint density at radius 1 is 0.642 bits per heavy atom. The van der Waals surface area contributed by atoms with Gasteiger partial charge in [-0.15, -0.1) is 0 Å². The molecule has 2 nitrogen and oxygen atoms in total. The molecule has 4 atom stereocenters. The van der Waals surface area contributed by atoms with Crippen molar-refractivity contribution >= 4 is 44.1 Å². The number of hydrogen-bond acceptors (Lipinski definition) is 2. The lowest BCUT2D eigenvalue weighted by Gasteiger charge is -2.60. The maximum atomic E-state index is 7.04. The standard InChI is InChI=1S/C51H43NO/c1-31-26-27-49(4)40-22-14-15-23-41(40)52(50(5)30-43-48(2,3)38-20-12-13-21-39(38)51(43,6)45(31)47(49)50)34-24-25-36-37-28-33-18-10-11-19-35(33)44(32-16-8-7-9-17-32)46(37)53-42(36)29-34/h7-31H,1-6H3. The molecule has 1 aromatic heterocycles. The first kappa shape index (κ1) is 31.0. The van der Waals surface area contributed by atoms with Gasteiger partial charge in [0.25, 0.3) is 0 Å². The van der Waals surface area contributed by atoms with Crippen LogP contribution in [-0.2, 0) is 16.2 Å². The number of benzene rings is 6. The molecule has 1 aliphatic heterocycles. The summed E-state index contributed by atoms with van der Waals surface area (Å²) in [5.41, 5.74) is 14.4. The summed E-state index contributed by atoms with van der Waals surface area (Å²) in [7, 11) is 0. The quantitative estimate of drug-likeness (QED) is 0.168. The van der Waals surface area contributed by atoms with E-state index in [2.05, 4.69) is 192 Å². The molecular weight excluding hydrogens is 643 g/mol. The van der Waals surface area contributed by atoms with Crippen LogP contribution < -0.4 is 4.90 Å². The summed E-state index contributed by atoms with van der Waals surface area (Å²) in [6.07, 6.45) is 7.68. The number of allylic oxidation sites excluding steroid dienone is 4. The zero-order chi connectivity index (χ0) is 36.1. The largest absolute Gasteiger partial charge is 0.455 e. The van der Waals surface area contributed by atoms with Gasteiger partial charge in [-0.3, -0.25) is 0 Å². The maximum absolute atomic E-state index is 7.04. The normalized spacial score (nSPS) is 26.4. The van der Waals surface area contributed by atoms with Crippen molar-refractivity contribution in [3.8, 4) is 11.1 Å². The summed E-state index contributed by atoms with van der Waals surface area (Å²) in [4.78, 5) is 2.64. The van der Waals surface area contributed by atoms with Gasteiger partial charge < -0.3 is 9.32 Å².